The van der Waals surface area contributed by atoms with Gasteiger partial charge in [-0.1, -0.05) is 5.92 Å². The largest absolute Gasteiger partial charge is 0.573 e. The monoisotopic (exact) mass is 381 g/mol. The molecular formula is C16H10F6O4. The van der Waals surface area contributed by atoms with Crippen LogP contribution in [0.5, 0.6) is 11.5 Å². The number of alkyl halides is 6. The normalized spacial score (nSPS) is 17.0. The van der Waals surface area contributed by atoms with Crippen molar-refractivity contribution in [1.29, 1.82) is 0 Å². The third kappa shape index (κ3) is 4.22. The second kappa shape index (κ2) is 6.82. The zero-order valence-electron chi connectivity index (χ0n) is 13.9. The maximum Gasteiger partial charge on any atom is 0.573 e. The lowest BCUT2D eigenvalue weighted by Gasteiger charge is -2.28. The van der Waals surface area contributed by atoms with Crippen LogP contribution in [0, 0.1) is 12.3 Å². The number of esters is 1. The summed E-state index contributed by atoms with van der Waals surface area (Å²) in [6.45, 7) is 1.15. The van der Waals surface area contributed by atoms with Crippen molar-refractivity contribution < 1.29 is 46.7 Å². The van der Waals surface area contributed by atoms with Gasteiger partial charge in [0, 0.05) is 5.56 Å². The molecular weight excluding hydrogens is 370 g/mol. The number of hydrogen-bond acceptors (Lipinski definition) is 4. The van der Waals surface area contributed by atoms with Gasteiger partial charge in [0.2, 0.25) is 6.10 Å². The van der Waals surface area contributed by atoms with Crippen LogP contribution in [0.4, 0.5) is 26.3 Å². The molecule has 0 saturated heterocycles. The molecule has 1 aliphatic rings. The van der Waals surface area contributed by atoms with E-state index in [1.54, 1.807) is 6.40 Å². The Labute approximate surface area is 144 Å². The van der Waals surface area contributed by atoms with Crippen molar-refractivity contribution >= 4 is 12.0 Å². The minimum Gasteiger partial charge on any atom is -0.474 e. The molecule has 0 aromatic heterocycles. The Balaban J connectivity index is 2.65. The number of benzene rings is 1. The van der Waals surface area contributed by atoms with Crippen LogP contribution in [0.1, 0.15) is 19.4 Å². The number of carbonyl (C=O) groups is 1. The highest BCUT2D eigenvalue weighted by Crippen LogP contribution is 2.41. The van der Waals surface area contributed by atoms with Gasteiger partial charge in [0.05, 0.1) is 17.7 Å². The van der Waals surface area contributed by atoms with Crippen molar-refractivity contribution in [3.8, 4) is 23.8 Å². The highest BCUT2D eigenvalue weighted by atomic mass is 19.4. The molecule has 1 aromatic rings. The Hall–Kier alpha value is -2.83. The van der Waals surface area contributed by atoms with Gasteiger partial charge in [-0.05, 0) is 25.1 Å². The van der Waals surface area contributed by atoms with Gasteiger partial charge < -0.3 is 14.2 Å². The fourth-order valence-corrected chi connectivity index (χ4v) is 2.20. The third-order valence-corrected chi connectivity index (χ3v) is 3.10. The average molecular weight is 381 g/mol. The first-order valence-corrected chi connectivity index (χ1v) is 6.95. The molecule has 0 saturated carbocycles. The molecule has 1 atom stereocenters. The maximum atomic E-state index is 13.3. The molecule has 1 unspecified atom stereocenters. The maximum absolute atomic E-state index is 13.3. The third-order valence-electron chi connectivity index (χ3n) is 3.10. The van der Waals surface area contributed by atoms with Gasteiger partial charge in [0.1, 0.15) is 12.9 Å². The first-order chi connectivity index (χ1) is 12.5. The van der Waals surface area contributed by atoms with E-state index in [4.69, 9.17) is 6.11 Å². The summed E-state index contributed by atoms with van der Waals surface area (Å²) in [7, 11) is 0. The van der Waals surface area contributed by atoms with Gasteiger partial charge in [0.25, 0.3) is 0 Å². The summed E-state index contributed by atoms with van der Waals surface area (Å²) in [5.74, 6) is -0.625. The van der Waals surface area contributed by atoms with E-state index in [2.05, 4.69) is 9.47 Å². The van der Waals surface area contributed by atoms with E-state index in [-0.39, 0.29) is 12.2 Å². The number of hydrogen-bond donors (Lipinski definition) is 0. The molecule has 0 amide bonds. The Morgan fingerprint density at radius 1 is 1.35 bits per heavy atom. The molecule has 0 N–H and O–H groups in total. The van der Waals surface area contributed by atoms with Gasteiger partial charge in [0.15, 0.2) is 0 Å². The summed E-state index contributed by atoms with van der Waals surface area (Å²) >= 11 is 0. The van der Waals surface area contributed by atoms with Crippen LogP contribution in [0.3, 0.4) is 0 Å². The predicted octanol–water partition coefficient (Wildman–Crippen LogP) is 3.84. The smallest absolute Gasteiger partial charge is 0.474 e. The number of fused-ring (bicyclic) bond motifs is 1. The number of ether oxygens (including phenoxy) is 3. The summed E-state index contributed by atoms with van der Waals surface area (Å²) in [5, 5.41) is 0. The molecule has 140 valence electrons. The second-order valence-electron chi connectivity index (χ2n) is 4.92. The van der Waals surface area contributed by atoms with Crippen LogP contribution in [0.25, 0.3) is 6.08 Å². The van der Waals surface area contributed by atoms with Gasteiger partial charge in [-0.25, -0.2) is 4.79 Å². The lowest BCUT2D eigenvalue weighted by Crippen LogP contribution is -2.41. The van der Waals surface area contributed by atoms with Crippen molar-refractivity contribution in [3.05, 3.63) is 28.8 Å². The first kappa shape index (κ1) is 18.0. The summed E-state index contributed by atoms with van der Waals surface area (Å²) in [5.41, 5.74) is -1.68. The zero-order chi connectivity index (χ0) is 20.4. The molecule has 0 aliphatic carbocycles. The molecule has 4 nitrogen and oxygen atoms in total. The molecule has 1 aromatic carbocycles. The van der Waals surface area contributed by atoms with Gasteiger partial charge in [-0.3, -0.25) is 0 Å². The minimum atomic E-state index is -5.07. The second-order valence-corrected chi connectivity index (χ2v) is 4.92. The molecule has 0 fully saturated rings. The van der Waals surface area contributed by atoms with E-state index in [0.717, 1.165) is 6.07 Å². The topological polar surface area (TPSA) is 44.8 Å². The standard InChI is InChI=1S/C16H10F6O4/c1-3-8-5-10(26-16(20,21)22)6-9-7-11(14(23)24-4-2)13(15(17,18)19)25-12(8)9/h1,5-7,13H,4H2,2H3/i1D. The van der Waals surface area contributed by atoms with Crippen molar-refractivity contribution in [2.45, 2.75) is 25.6 Å². The van der Waals surface area contributed by atoms with Gasteiger partial charge in [-0.15, -0.1) is 19.6 Å². The molecule has 2 rings (SSSR count). The van der Waals surface area contributed by atoms with Crippen LogP contribution in [-0.4, -0.2) is 31.2 Å². The molecule has 0 bridgehead atoms. The number of rotatable bonds is 3. The number of halogens is 6. The number of terminal acetylenes is 1. The molecule has 0 radical (unpaired) electrons. The quantitative estimate of drug-likeness (QED) is 0.454. The summed E-state index contributed by atoms with van der Waals surface area (Å²) in [6, 6.07) is 1.42. The molecule has 0 spiro atoms. The van der Waals surface area contributed by atoms with Crippen LogP contribution < -0.4 is 9.47 Å². The first-order valence-electron chi connectivity index (χ1n) is 7.45. The lowest BCUT2D eigenvalue weighted by molar-refractivity contribution is -0.274. The van der Waals surface area contributed by atoms with Crippen molar-refractivity contribution in [2.24, 2.45) is 0 Å². The summed E-state index contributed by atoms with van der Waals surface area (Å²) in [6.07, 6.45) is -10.5. The van der Waals surface area contributed by atoms with Crippen LogP contribution in [0.15, 0.2) is 17.7 Å². The van der Waals surface area contributed by atoms with Gasteiger partial charge in [-0.2, -0.15) is 13.2 Å². The van der Waals surface area contributed by atoms with E-state index < -0.39 is 47.2 Å². The predicted molar refractivity (Wildman–Crippen MR) is 76.1 cm³/mol. The van der Waals surface area contributed by atoms with Crippen LogP contribution >= 0.6 is 0 Å². The van der Waals surface area contributed by atoms with Gasteiger partial charge >= 0.3 is 18.5 Å². The Morgan fingerprint density at radius 3 is 2.58 bits per heavy atom. The molecule has 10 heteroatoms. The average Bonchev–Trinajstić information content (AvgIpc) is 2.51. The van der Waals surface area contributed by atoms with E-state index >= 15 is 0 Å². The van der Waals surface area contributed by atoms with Crippen molar-refractivity contribution in [3.63, 3.8) is 0 Å². The SMILES string of the molecule is [2H]C#Cc1cc(OC(F)(F)F)cc2c1OC(C(F)(F)F)C(C(=O)OCC)=C2. The Kier molecular flexibility index (Phi) is 4.71. The van der Waals surface area contributed by atoms with Crippen molar-refractivity contribution in [2.75, 3.05) is 6.61 Å². The molecule has 26 heavy (non-hydrogen) atoms. The van der Waals surface area contributed by atoms with Crippen LogP contribution in [0.2, 0.25) is 0 Å². The molecule has 1 aliphatic heterocycles. The fourth-order valence-electron chi connectivity index (χ4n) is 2.20. The lowest BCUT2D eigenvalue weighted by atomic mass is 9.98. The summed E-state index contributed by atoms with van der Waals surface area (Å²) < 4.78 is 97.2. The Bertz CT molecular complexity index is 832. The van der Waals surface area contributed by atoms with E-state index in [1.165, 1.54) is 6.92 Å². The highest BCUT2D eigenvalue weighted by Gasteiger charge is 2.49. The zero-order valence-corrected chi connectivity index (χ0v) is 12.9. The van der Waals surface area contributed by atoms with E-state index in [0.29, 0.717) is 12.1 Å². The highest BCUT2D eigenvalue weighted by molar-refractivity contribution is 5.96. The minimum absolute atomic E-state index is 0.222. The molecule has 1 heterocycles. The Morgan fingerprint density at radius 2 is 2.04 bits per heavy atom. The fraction of sp³-hybridized carbons (Fsp3) is 0.312. The van der Waals surface area contributed by atoms with Crippen molar-refractivity contribution in [1.82, 2.24) is 0 Å². The van der Waals surface area contributed by atoms with E-state index in [1.807, 2.05) is 5.92 Å². The van der Waals surface area contributed by atoms with E-state index in [9.17, 15) is 31.1 Å². The van der Waals surface area contributed by atoms with Crippen LogP contribution in [-0.2, 0) is 9.53 Å². The number of carbonyl (C=O) groups excluding carboxylic acids is 1. The summed E-state index contributed by atoms with van der Waals surface area (Å²) in [4.78, 5) is 11.8.